The molecule has 31 heavy (non-hydrogen) atoms. The van der Waals surface area contributed by atoms with Crippen LogP contribution in [0.1, 0.15) is 31.7 Å². The third-order valence-electron chi connectivity index (χ3n) is 4.55. The molecule has 8 heteroatoms. The second-order valence-electron chi connectivity index (χ2n) is 6.85. The van der Waals surface area contributed by atoms with E-state index < -0.39 is 18.5 Å². The lowest BCUT2D eigenvalue weighted by Gasteiger charge is -2.11. The molecule has 1 aliphatic rings. The number of rotatable bonds is 9. The van der Waals surface area contributed by atoms with Crippen LogP contribution < -0.4 is 10.1 Å². The first kappa shape index (κ1) is 22.0. The molecule has 2 amide bonds. The largest absolute Gasteiger partial charge is 0.494 e. The van der Waals surface area contributed by atoms with Crippen LogP contribution in [0.2, 0.25) is 0 Å². The minimum absolute atomic E-state index is 0.0229. The van der Waals surface area contributed by atoms with Crippen LogP contribution in [0.4, 0.5) is 5.69 Å². The van der Waals surface area contributed by atoms with Crippen LogP contribution in [0.3, 0.4) is 0 Å². The van der Waals surface area contributed by atoms with Crippen molar-refractivity contribution in [2.45, 2.75) is 26.2 Å². The highest BCUT2D eigenvalue weighted by molar-refractivity contribution is 6.02. The Labute approximate surface area is 180 Å². The summed E-state index contributed by atoms with van der Waals surface area (Å²) in [4.78, 5) is 36.1. The molecule has 0 saturated heterocycles. The topological polar surface area (TPSA) is 97.3 Å². The van der Waals surface area contributed by atoms with Crippen molar-refractivity contribution in [3.8, 4) is 5.75 Å². The number of nitrogens with one attached hydrogen (secondary N) is 1. The zero-order valence-corrected chi connectivity index (χ0v) is 17.4. The van der Waals surface area contributed by atoms with Crippen LogP contribution in [-0.2, 0) is 19.1 Å². The number of ether oxygens (including phenoxy) is 2. The first-order valence-corrected chi connectivity index (χ1v) is 10.2. The van der Waals surface area contributed by atoms with E-state index >= 15 is 0 Å². The van der Waals surface area contributed by atoms with Crippen molar-refractivity contribution in [2.75, 3.05) is 25.1 Å². The molecule has 8 nitrogen and oxygen atoms in total. The van der Waals surface area contributed by atoms with Gasteiger partial charge < -0.3 is 14.8 Å². The minimum Gasteiger partial charge on any atom is -0.494 e. The average molecular weight is 423 g/mol. The van der Waals surface area contributed by atoms with Gasteiger partial charge in [-0.25, -0.2) is 5.01 Å². The van der Waals surface area contributed by atoms with E-state index in [-0.39, 0.29) is 18.7 Å². The van der Waals surface area contributed by atoms with Gasteiger partial charge in [0.15, 0.2) is 6.61 Å². The summed E-state index contributed by atoms with van der Waals surface area (Å²) in [6.07, 6.45) is 0.540. The molecule has 1 N–H and O–H groups in total. The first-order valence-electron chi connectivity index (χ1n) is 10.2. The summed E-state index contributed by atoms with van der Waals surface area (Å²) in [5.41, 5.74) is 2.40. The molecule has 1 aliphatic heterocycles. The van der Waals surface area contributed by atoms with Gasteiger partial charge in [0.25, 0.3) is 5.91 Å². The van der Waals surface area contributed by atoms with Crippen LogP contribution in [-0.4, -0.2) is 48.3 Å². The number of amides is 2. The van der Waals surface area contributed by atoms with Crippen LogP contribution in [0.25, 0.3) is 0 Å². The van der Waals surface area contributed by atoms with Crippen LogP contribution in [0.15, 0.2) is 59.7 Å². The van der Waals surface area contributed by atoms with Gasteiger partial charge in [-0.3, -0.25) is 14.4 Å². The van der Waals surface area contributed by atoms with Crippen LogP contribution in [0.5, 0.6) is 5.75 Å². The minimum atomic E-state index is -0.610. The highest BCUT2D eigenvalue weighted by Gasteiger charge is 2.22. The third kappa shape index (κ3) is 6.67. The van der Waals surface area contributed by atoms with E-state index in [1.807, 2.05) is 37.3 Å². The van der Waals surface area contributed by atoms with E-state index in [0.29, 0.717) is 31.0 Å². The fraction of sp³-hybridized carbons (Fsp3) is 0.304. The van der Waals surface area contributed by atoms with Gasteiger partial charge in [0.2, 0.25) is 5.91 Å². The number of esters is 1. The Morgan fingerprint density at radius 1 is 1.03 bits per heavy atom. The van der Waals surface area contributed by atoms with E-state index in [1.165, 1.54) is 5.01 Å². The van der Waals surface area contributed by atoms with Gasteiger partial charge in [0.1, 0.15) is 5.75 Å². The maximum atomic E-state index is 12.3. The molecule has 0 bridgehead atoms. The lowest BCUT2D eigenvalue weighted by atomic mass is 10.1. The zero-order chi connectivity index (χ0) is 22.1. The van der Waals surface area contributed by atoms with E-state index in [1.54, 1.807) is 24.3 Å². The van der Waals surface area contributed by atoms with Crippen LogP contribution in [0, 0.1) is 0 Å². The Balaban J connectivity index is 1.37. The van der Waals surface area contributed by atoms with Gasteiger partial charge in [0, 0.05) is 18.5 Å². The van der Waals surface area contributed by atoms with Gasteiger partial charge in [0.05, 0.1) is 25.3 Å². The summed E-state index contributed by atoms with van der Waals surface area (Å²) in [7, 11) is 0. The van der Waals surface area contributed by atoms with Crippen molar-refractivity contribution in [3.63, 3.8) is 0 Å². The fourth-order valence-electron chi connectivity index (χ4n) is 3.03. The maximum absolute atomic E-state index is 12.3. The van der Waals surface area contributed by atoms with E-state index in [2.05, 4.69) is 10.4 Å². The standard InChI is InChI=1S/C23H25N3O5/c1-2-30-19-10-8-18(9-11-19)24-21(27)16-31-23(29)13-12-22(28)26-15-14-20(25-26)17-6-4-3-5-7-17/h3-11H,2,12-16H2,1H3,(H,24,27). The summed E-state index contributed by atoms with van der Waals surface area (Å²) in [5.74, 6) is -0.612. The van der Waals surface area contributed by atoms with Crippen molar-refractivity contribution in [1.29, 1.82) is 0 Å². The smallest absolute Gasteiger partial charge is 0.306 e. The SMILES string of the molecule is CCOc1ccc(NC(=O)COC(=O)CCC(=O)N2CCC(c3ccccc3)=N2)cc1. The molecule has 1 heterocycles. The number of hydrogen-bond acceptors (Lipinski definition) is 6. The number of carbonyl (C=O) groups is 3. The molecule has 0 aromatic heterocycles. The Hall–Kier alpha value is -3.68. The Bertz CT molecular complexity index is 941. The second kappa shape index (κ2) is 10.9. The number of benzene rings is 2. The normalized spacial score (nSPS) is 12.8. The van der Waals surface area contributed by atoms with E-state index in [0.717, 1.165) is 11.3 Å². The predicted molar refractivity (Wildman–Crippen MR) is 116 cm³/mol. The highest BCUT2D eigenvalue weighted by atomic mass is 16.5. The summed E-state index contributed by atoms with van der Waals surface area (Å²) < 4.78 is 10.3. The summed E-state index contributed by atoms with van der Waals surface area (Å²) >= 11 is 0. The van der Waals surface area contributed by atoms with Crippen molar-refractivity contribution in [2.24, 2.45) is 5.10 Å². The van der Waals surface area contributed by atoms with E-state index in [9.17, 15) is 14.4 Å². The van der Waals surface area contributed by atoms with Gasteiger partial charge in [-0.05, 0) is 36.8 Å². The fourth-order valence-corrected chi connectivity index (χ4v) is 3.03. The quantitative estimate of drug-likeness (QED) is 0.626. The number of anilines is 1. The highest BCUT2D eigenvalue weighted by Crippen LogP contribution is 2.16. The molecule has 2 aromatic rings. The Kier molecular flexibility index (Phi) is 7.75. The van der Waals surface area contributed by atoms with Gasteiger partial charge in [-0.1, -0.05) is 30.3 Å². The zero-order valence-electron chi connectivity index (χ0n) is 17.4. The van der Waals surface area contributed by atoms with Crippen LogP contribution >= 0.6 is 0 Å². The van der Waals surface area contributed by atoms with E-state index in [4.69, 9.17) is 9.47 Å². The van der Waals surface area contributed by atoms with Gasteiger partial charge in [-0.15, -0.1) is 0 Å². The molecule has 0 aliphatic carbocycles. The number of nitrogens with zero attached hydrogens (tertiary/aromatic N) is 2. The summed E-state index contributed by atoms with van der Waals surface area (Å²) in [6.45, 7) is 2.52. The average Bonchev–Trinajstić information content (AvgIpc) is 3.29. The predicted octanol–water partition coefficient (Wildman–Crippen LogP) is 2.98. The molecule has 162 valence electrons. The molecule has 2 aromatic carbocycles. The molecule has 0 spiro atoms. The Morgan fingerprint density at radius 2 is 1.77 bits per heavy atom. The number of carbonyl (C=O) groups excluding carboxylic acids is 3. The molecule has 0 saturated carbocycles. The van der Waals surface area contributed by atoms with Crippen molar-refractivity contribution >= 4 is 29.2 Å². The van der Waals surface area contributed by atoms with Gasteiger partial charge in [-0.2, -0.15) is 5.10 Å². The lowest BCUT2D eigenvalue weighted by molar-refractivity contribution is -0.148. The van der Waals surface area contributed by atoms with Crippen molar-refractivity contribution in [3.05, 3.63) is 60.2 Å². The number of hydrazone groups is 1. The van der Waals surface area contributed by atoms with Crippen molar-refractivity contribution < 1.29 is 23.9 Å². The monoisotopic (exact) mass is 423 g/mol. The summed E-state index contributed by atoms with van der Waals surface area (Å²) in [5, 5.41) is 8.37. The second-order valence-corrected chi connectivity index (χ2v) is 6.85. The molecule has 0 radical (unpaired) electrons. The number of hydrogen-bond donors (Lipinski definition) is 1. The molecule has 3 rings (SSSR count). The first-order chi connectivity index (χ1) is 15.0. The Morgan fingerprint density at radius 3 is 2.48 bits per heavy atom. The molecule has 0 atom stereocenters. The molecular weight excluding hydrogens is 398 g/mol. The van der Waals surface area contributed by atoms with Crippen molar-refractivity contribution in [1.82, 2.24) is 5.01 Å². The lowest BCUT2D eigenvalue weighted by Crippen LogP contribution is -2.25. The molecule has 0 fully saturated rings. The maximum Gasteiger partial charge on any atom is 0.306 e. The summed E-state index contributed by atoms with van der Waals surface area (Å²) in [6, 6.07) is 16.5. The molecule has 0 unspecified atom stereocenters. The molecular formula is C23H25N3O5. The van der Waals surface area contributed by atoms with Gasteiger partial charge >= 0.3 is 5.97 Å². The third-order valence-corrected chi connectivity index (χ3v) is 4.55.